The van der Waals surface area contributed by atoms with Crippen molar-refractivity contribution in [2.24, 2.45) is 10.9 Å². The normalized spacial score (nSPS) is 26.1. The first-order chi connectivity index (χ1) is 13.2. The Balaban J connectivity index is 1.45. The third kappa shape index (κ3) is 6.08. The molecule has 27 heavy (non-hydrogen) atoms. The van der Waals surface area contributed by atoms with Crippen molar-refractivity contribution in [2.45, 2.75) is 76.2 Å². The molecular formula is C22H43N5. The first-order valence-corrected chi connectivity index (χ1v) is 11.6. The summed E-state index contributed by atoms with van der Waals surface area (Å²) in [4.78, 5) is 9.78. The quantitative estimate of drug-likeness (QED) is 0.551. The molecule has 0 atom stereocenters. The Hall–Kier alpha value is -0.810. The van der Waals surface area contributed by atoms with Gasteiger partial charge in [0.25, 0.3) is 0 Å². The highest BCUT2D eigenvalue weighted by Gasteiger charge is 2.38. The molecule has 2 N–H and O–H groups in total. The van der Waals surface area contributed by atoms with Gasteiger partial charge in [-0.15, -0.1) is 0 Å². The van der Waals surface area contributed by atoms with Gasteiger partial charge in [-0.25, -0.2) is 0 Å². The number of hydrogen-bond acceptors (Lipinski definition) is 3. The van der Waals surface area contributed by atoms with Gasteiger partial charge in [0.05, 0.1) is 0 Å². The van der Waals surface area contributed by atoms with Gasteiger partial charge in [-0.3, -0.25) is 9.89 Å². The molecule has 0 radical (unpaired) electrons. The molecule has 0 bridgehead atoms. The molecule has 3 rings (SSSR count). The van der Waals surface area contributed by atoms with Gasteiger partial charge in [0.1, 0.15) is 0 Å². The molecule has 2 saturated heterocycles. The third-order valence-electron chi connectivity index (χ3n) is 7.30. The Morgan fingerprint density at radius 3 is 2.26 bits per heavy atom. The highest BCUT2D eigenvalue weighted by Crippen LogP contribution is 2.35. The number of piperidine rings is 2. The summed E-state index contributed by atoms with van der Waals surface area (Å²) in [5.74, 6) is 1.88. The topological polar surface area (TPSA) is 42.9 Å². The Labute approximate surface area is 167 Å². The molecule has 2 aliphatic heterocycles. The van der Waals surface area contributed by atoms with Gasteiger partial charge in [-0.05, 0) is 84.1 Å². The maximum atomic E-state index is 4.51. The van der Waals surface area contributed by atoms with Gasteiger partial charge in [-0.2, -0.15) is 0 Å². The fourth-order valence-electron chi connectivity index (χ4n) is 5.40. The summed E-state index contributed by atoms with van der Waals surface area (Å²) in [6.07, 6.45) is 15.0. The second-order valence-corrected chi connectivity index (χ2v) is 9.22. The Kier molecular flexibility index (Phi) is 8.25. The Morgan fingerprint density at radius 1 is 0.926 bits per heavy atom. The van der Waals surface area contributed by atoms with Crippen LogP contribution in [0.4, 0.5) is 0 Å². The smallest absolute Gasteiger partial charge is 0.191 e. The summed E-state index contributed by atoms with van der Waals surface area (Å²) in [7, 11) is 4.16. The lowest BCUT2D eigenvalue weighted by molar-refractivity contribution is 0.0368. The van der Waals surface area contributed by atoms with Gasteiger partial charge in [0.15, 0.2) is 5.96 Å². The second kappa shape index (κ2) is 10.7. The van der Waals surface area contributed by atoms with Crippen molar-refractivity contribution in [2.75, 3.05) is 53.4 Å². The molecule has 0 aromatic carbocycles. The van der Waals surface area contributed by atoms with Crippen LogP contribution in [-0.4, -0.2) is 74.7 Å². The van der Waals surface area contributed by atoms with Crippen molar-refractivity contribution in [1.29, 1.82) is 0 Å². The van der Waals surface area contributed by atoms with Crippen LogP contribution in [-0.2, 0) is 0 Å². The van der Waals surface area contributed by atoms with Gasteiger partial charge < -0.3 is 15.5 Å². The molecule has 0 spiro atoms. The second-order valence-electron chi connectivity index (χ2n) is 9.22. The number of likely N-dealkylation sites (tertiary alicyclic amines) is 2. The molecule has 1 saturated carbocycles. The largest absolute Gasteiger partial charge is 0.356 e. The predicted molar refractivity (Wildman–Crippen MR) is 115 cm³/mol. The maximum Gasteiger partial charge on any atom is 0.191 e. The van der Waals surface area contributed by atoms with Crippen LogP contribution in [0.1, 0.15) is 70.6 Å². The molecule has 0 amide bonds. The number of hydrogen-bond donors (Lipinski definition) is 2. The number of rotatable bonds is 6. The number of nitrogens with zero attached hydrogens (tertiary/aromatic N) is 3. The van der Waals surface area contributed by atoms with Crippen LogP contribution in [0.3, 0.4) is 0 Å². The van der Waals surface area contributed by atoms with E-state index in [0.717, 1.165) is 25.0 Å². The first-order valence-electron chi connectivity index (χ1n) is 11.6. The zero-order valence-electron chi connectivity index (χ0n) is 17.9. The minimum absolute atomic E-state index is 0.365. The molecule has 156 valence electrons. The van der Waals surface area contributed by atoms with Crippen LogP contribution in [0.2, 0.25) is 0 Å². The van der Waals surface area contributed by atoms with Crippen LogP contribution in [0, 0.1) is 5.92 Å². The molecule has 5 nitrogen and oxygen atoms in total. The van der Waals surface area contributed by atoms with Crippen LogP contribution in [0.15, 0.2) is 4.99 Å². The van der Waals surface area contributed by atoms with Crippen LogP contribution in [0.5, 0.6) is 0 Å². The van der Waals surface area contributed by atoms with Gasteiger partial charge >= 0.3 is 0 Å². The van der Waals surface area contributed by atoms with E-state index >= 15 is 0 Å². The lowest BCUT2D eigenvalue weighted by Crippen LogP contribution is -2.59. The standard InChI is InChI=1S/C22H43N5/c1-23-21(24-14-9-20-10-17-26(2)18-11-20)25-19-22(12-5-3-6-13-22)27-15-7-4-8-16-27/h20H,3-19H2,1-2H3,(H2,23,24,25). The summed E-state index contributed by atoms with van der Waals surface area (Å²) in [6.45, 7) is 7.21. The highest BCUT2D eigenvalue weighted by atomic mass is 15.3. The molecule has 3 fully saturated rings. The molecular weight excluding hydrogens is 334 g/mol. The van der Waals surface area contributed by atoms with E-state index in [9.17, 15) is 0 Å². The zero-order chi connectivity index (χ0) is 19.0. The molecule has 2 heterocycles. The molecule has 5 heteroatoms. The molecule has 3 aliphatic rings. The lowest BCUT2D eigenvalue weighted by Gasteiger charge is -2.48. The minimum Gasteiger partial charge on any atom is -0.356 e. The fraction of sp³-hybridized carbons (Fsp3) is 0.955. The monoisotopic (exact) mass is 377 g/mol. The van der Waals surface area contributed by atoms with Gasteiger partial charge in [0, 0.05) is 25.7 Å². The van der Waals surface area contributed by atoms with Crippen molar-refractivity contribution >= 4 is 5.96 Å². The Morgan fingerprint density at radius 2 is 1.59 bits per heavy atom. The van der Waals surface area contributed by atoms with Crippen molar-refractivity contribution in [1.82, 2.24) is 20.4 Å². The molecule has 0 aromatic heterocycles. The van der Waals surface area contributed by atoms with E-state index in [0.29, 0.717) is 5.54 Å². The van der Waals surface area contributed by atoms with Crippen LogP contribution in [0.25, 0.3) is 0 Å². The fourth-order valence-corrected chi connectivity index (χ4v) is 5.40. The van der Waals surface area contributed by atoms with Gasteiger partial charge in [0.2, 0.25) is 0 Å². The number of aliphatic imine (C=N–C) groups is 1. The summed E-state index contributed by atoms with van der Waals surface area (Å²) < 4.78 is 0. The van der Waals surface area contributed by atoms with Crippen LogP contribution < -0.4 is 10.6 Å². The third-order valence-corrected chi connectivity index (χ3v) is 7.30. The SMILES string of the molecule is CN=C(NCCC1CCN(C)CC1)NCC1(N2CCCCC2)CCCCC1. The summed E-state index contributed by atoms with van der Waals surface area (Å²) >= 11 is 0. The summed E-state index contributed by atoms with van der Waals surface area (Å²) in [6, 6.07) is 0. The predicted octanol–water partition coefficient (Wildman–Crippen LogP) is 3.07. The van der Waals surface area contributed by atoms with Crippen LogP contribution >= 0.6 is 0 Å². The number of guanidine groups is 1. The summed E-state index contributed by atoms with van der Waals surface area (Å²) in [5.41, 5.74) is 0.365. The van der Waals surface area contributed by atoms with Crippen molar-refractivity contribution in [3.8, 4) is 0 Å². The summed E-state index contributed by atoms with van der Waals surface area (Å²) in [5, 5.41) is 7.31. The van der Waals surface area contributed by atoms with Gasteiger partial charge in [-0.1, -0.05) is 25.7 Å². The zero-order valence-corrected chi connectivity index (χ0v) is 17.9. The molecule has 0 aromatic rings. The highest BCUT2D eigenvalue weighted by molar-refractivity contribution is 5.79. The van der Waals surface area contributed by atoms with E-state index < -0.39 is 0 Å². The molecule has 1 aliphatic carbocycles. The maximum absolute atomic E-state index is 4.51. The van der Waals surface area contributed by atoms with Crippen molar-refractivity contribution in [3.63, 3.8) is 0 Å². The van der Waals surface area contributed by atoms with E-state index in [-0.39, 0.29) is 0 Å². The average Bonchev–Trinajstić information content (AvgIpc) is 2.73. The van der Waals surface area contributed by atoms with E-state index in [1.807, 2.05) is 7.05 Å². The Bertz CT molecular complexity index is 444. The average molecular weight is 378 g/mol. The first kappa shape index (κ1) is 20.9. The van der Waals surface area contributed by atoms with E-state index in [4.69, 9.17) is 0 Å². The number of nitrogens with one attached hydrogen (secondary N) is 2. The van der Waals surface area contributed by atoms with E-state index in [1.165, 1.54) is 96.8 Å². The minimum atomic E-state index is 0.365. The van der Waals surface area contributed by atoms with Crippen molar-refractivity contribution < 1.29 is 0 Å². The van der Waals surface area contributed by atoms with Crippen molar-refractivity contribution in [3.05, 3.63) is 0 Å². The molecule has 0 unspecified atom stereocenters. The van der Waals surface area contributed by atoms with E-state index in [1.54, 1.807) is 0 Å². The van der Waals surface area contributed by atoms with E-state index in [2.05, 4.69) is 32.5 Å². The lowest BCUT2D eigenvalue weighted by atomic mass is 9.79.